The summed E-state index contributed by atoms with van der Waals surface area (Å²) in [4.78, 5) is 31.6. The molecule has 0 radical (unpaired) electrons. The highest BCUT2D eigenvalue weighted by Crippen LogP contribution is 2.24. The van der Waals surface area contributed by atoms with Crippen LogP contribution >= 0.6 is 0 Å². The molecule has 7 heteroatoms. The fraction of sp³-hybridized carbons (Fsp3) is 0.609. The number of hydrogen-bond donors (Lipinski definition) is 0. The molecule has 1 fully saturated rings. The summed E-state index contributed by atoms with van der Waals surface area (Å²) in [5, 5.41) is 0.589. The molecule has 0 unspecified atom stereocenters. The average molecular weight is 416 g/mol. The molecule has 1 amide bonds. The van der Waals surface area contributed by atoms with Gasteiger partial charge in [0.25, 0.3) is 5.56 Å². The summed E-state index contributed by atoms with van der Waals surface area (Å²) in [6.07, 6.45) is 3.67. The van der Waals surface area contributed by atoms with Crippen LogP contribution in [0.1, 0.15) is 52.3 Å². The van der Waals surface area contributed by atoms with E-state index in [1.807, 2.05) is 39.8 Å². The zero-order valence-electron chi connectivity index (χ0n) is 18.7. The van der Waals surface area contributed by atoms with Gasteiger partial charge in [0.05, 0.1) is 12.5 Å². The van der Waals surface area contributed by atoms with Crippen LogP contribution in [0.4, 0.5) is 4.79 Å². The number of piperidine rings is 1. The van der Waals surface area contributed by atoms with E-state index in [0.29, 0.717) is 34.9 Å². The number of methoxy groups -OCH3 is 1. The first-order valence-electron chi connectivity index (χ1n) is 10.7. The Morgan fingerprint density at radius 3 is 2.57 bits per heavy atom. The number of nitrogens with zero attached hydrogens (tertiary/aromatic N) is 3. The van der Waals surface area contributed by atoms with Crippen LogP contribution in [0, 0.1) is 12.8 Å². The molecule has 0 saturated carbocycles. The second-order valence-electron chi connectivity index (χ2n) is 9.03. The van der Waals surface area contributed by atoms with E-state index in [9.17, 15) is 9.59 Å². The Balaban J connectivity index is 1.56. The highest BCUT2D eigenvalue weighted by atomic mass is 16.6. The average Bonchev–Trinajstić information content (AvgIpc) is 2.69. The molecular weight excluding hydrogens is 382 g/mol. The van der Waals surface area contributed by atoms with Gasteiger partial charge in [-0.3, -0.25) is 9.36 Å². The highest BCUT2D eigenvalue weighted by Gasteiger charge is 2.26. The Morgan fingerprint density at radius 2 is 1.93 bits per heavy atom. The van der Waals surface area contributed by atoms with Crippen LogP contribution in [-0.4, -0.2) is 46.3 Å². The summed E-state index contributed by atoms with van der Waals surface area (Å²) in [6, 6.07) is 5.44. The van der Waals surface area contributed by atoms with Crippen molar-refractivity contribution in [1.82, 2.24) is 14.5 Å². The van der Waals surface area contributed by atoms with Gasteiger partial charge in [-0.05, 0) is 71.4 Å². The zero-order valence-corrected chi connectivity index (χ0v) is 18.7. The molecule has 0 spiro atoms. The van der Waals surface area contributed by atoms with Crippen LogP contribution in [0.25, 0.3) is 10.9 Å². The number of carbonyl (C=O) groups excluding carboxylic acids is 1. The third-order valence-corrected chi connectivity index (χ3v) is 5.62. The second kappa shape index (κ2) is 9.06. The maximum absolute atomic E-state index is 12.9. The van der Waals surface area contributed by atoms with Crippen LogP contribution in [0.5, 0.6) is 5.75 Å². The first-order valence-corrected chi connectivity index (χ1v) is 10.7. The topological polar surface area (TPSA) is 73.7 Å². The van der Waals surface area contributed by atoms with E-state index in [4.69, 9.17) is 9.47 Å². The number of ether oxygens (including phenoxy) is 2. The van der Waals surface area contributed by atoms with Crippen molar-refractivity contribution in [2.24, 2.45) is 5.92 Å². The van der Waals surface area contributed by atoms with E-state index in [1.54, 1.807) is 22.6 Å². The Kier molecular flexibility index (Phi) is 6.68. The quantitative estimate of drug-likeness (QED) is 0.734. The molecule has 7 nitrogen and oxygen atoms in total. The van der Waals surface area contributed by atoms with Crippen molar-refractivity contribution in [2.45, 2.75) is 65.5 Å². The van der Waals surface area contributed by atoms with E-state index in [0.717, 1.165) is 38.8 Å². The number of aryl methyl sites for hydroxylation is 1. The minimum atomic E-state index is -0.461. The number of para-hydroxylation sites is 1. The Bertz CT molecular complexity index is 953. The van der Waals surface area contributed by atoms with Gasteiger partial charge < -0.3 is 14.4 Å². The summed E-state index contributed by atoms with van der Waals surface area (Å²) in [6.45, 7) is 9.65. The van der Waals surface area contributed by atoms with Gasteiger partial charge in [-0.2, -0.15) is 0 Å². The predicted octanol–water partition coefficient (Wildman–Crippen LogP) is 4.14. The summed E-state index contributed by atoms with van der Waals surface area (Å²) in [7, 11) is 1.59. The van der Waals surface area contributed by atoms with E-state index < -0.39 is 5.60 Å². The molecule has 1 aromatic heterocycles. The van der Waals surface area contributed by atoms with Gasteiger partial charge in [0, 0.05) is 19.6 Å². The van der Waals surface area contributed by atoms with Crippen LogP contribution in [0.3, 0.4) is 0 Å². The number of carbonyl (C=O) groups is 1. The maximum Gasteiger partial charge on any atom is 0.410 e. The van der Waals surface area contributed by atoms with E-state index in [2.05, 4.69) is 4.98 Å². The monoisotopic (exact) mass is 415 g/mol. The molecule has 2 heterocycles. The van der Waals surface area contributed by atoms with Crippen molar-refractivity contribution in [3.63, 3.8) is 0 Å². The molecule has 0 aliphatic carbocycles. The number of rotatable bonds is 5. The first kappa shape index (κ1) is 22.1. The largest absolute Gasteiger partial charge is 0.494 e. The number of benzene rings is 1. The van der Waals surface area contributed by atoms with Crippen molar-refractivity contribution in [3.05, 3.63) is 34.4 Å². The predicted molar refractivity (Wildman–Crippen MR) is 117 cm³/mol. The third-order valence-electron chi connectivity index (χ3n) is 5.62. The van der Waals surface area contributed by atoms with E-state index in [-0.39, 0.29) is 11.7 Å². The van der Waals surface area contributed by atoms with Crippen LogP contribution in [-0.2, 0) is 11.3 Å². The van der Waals surface area contributed by atoms with Gasteiger partial charge in [-0.15, -0.1) is 0 Å². The third kappa shape index (κ3) is 5.12. The molecule has 1 aliphatic heterocycles. The molecule has 1 aromatic carbocycles. The second-order valence-corrected chi connectivity index (χ2v) is 9.03. The molecule has 0 N–H and O–H groups in total. The summed E-state index contributed by atoms with van der Waals surface area (Å²) >= 11 is 0. The Morgan fingerprint density at radius 1 is 1.23 bits per heavy atom. The number of amides is 1. The lowest BCUT2D eigenvalue weighted by molar-refractivity contribution is 0.0180. The van der Waals surface area contributed by atoms with E-state index >= 15 is 0 Å². The molecule has 1 saturated heterocycles. The lowest BCUT2D eigenvalue weighted by atomic mass is 9.92. The first-order chi connectivity index (χ1) is 14.2. The molecule has 0 atom stereocenters. The Hall–Kier alpha value is -2.57. The lowest BCUT2D eigenvalue weighted by Gasteiger charge is -2.33. The van der Waals surface area contributed by atoms with Gasteiger partial charge in [0.1, 0.15) is 22.7 Å². The zero-order chi connectivity index (χ0) is 21.9. The molecule has 3 rings (SSSR count). The highest BCUT2D eigenvalue weighted by molar-refractivity contribution is 5.83. The summed E-state index contributed by atoms with van der Waals surface area (Å²) in [5.41, 5.74) is 0.140. The van der Waals surface area contributed by atoms with Gasteiger partial charge in [-0.25, -0.2) is 9.78 Å². The molecule has 2 aromatic rings. The minimum Gasteiger partial charge on any atom is -0.494 e. The Labute approximate surface area is 178 Å². The van der Waals surface area contributed by atoms with Gasteiger partial charge in [0.2, 0.25) is 0 Å². The normalized spacial score (nSPS) is 15.4. The smallest absolute Gasteiger partial charge is 0.410 e. The van der Waals surface area contributed by atoms with Crippen LogP contribution < -0.4 is 10.3 Å². The van der Waals surface area contributed by atoms with Crippen molar-refractivity contribution in [3.8, 4) is 5.75 Å². The van der Waals surface area contributed by atoms with Gasteiger partial charge in [-0.1, -0.05) is 6.07 Å². The van der Waals surface area contributed by atoms with Gasteiger partial charge in [0.15, 0.2) is 0 Å². The fourth-order valence-electron chi connectivity index (χ4n) is 4.02. The minimum absolute atomic E-state index is 0.0175. The number of aromatic nitrogens is 2. The molecule has 1 aliphatic rings. The molecule has 30 heavy (non-hydrogen) atoms. The lowest BCUT2D eigenvalue weighted by Crippen LogP contribution is -2.41. The van der Waals surface area contributed by atoms with Gasteiger partial charge >= 0.3 is 6.09 Å². The van der Waals surface area contributed by atoms with Crippen LogP contribution in [0.2, 0.25) is 0 Å². The number of hydrogen-bond acceptors (Lipinski definition) is 5. The summed E-state index contributed by atoms with van der Waals surface area (Å²) in [5.74, 6) is 1.89. The maximum atomic E-state index is 12.9. The van der Waals surface area contributed by atoms with E-state index in [1.165, 1.54) is 0 Å². The van der Waals surface area contributed by atoms with Crippen LogP contribution in [0.15, 0.2) is 23.0 Å². The fourth-order valence-corrected chi connectivity index (χ4v) is 4.02. The van der Waals surface area contributed by atoms with Crippen molar-refractivity contribution in [1.29, 1.82) is 0 Å². The molecular formula is C23H33N3O4. The van der Waals surface area contributed by atoms with Crippen molar-refractivity contribution < 1.29 is 14.3 Å². The van der Waals surface area contributed by atoms with Crippen molar-refractivity contribution in [2.75, 3.05) is 20.2 Å². The number of fused-ring (bicyclic) bond motifs is 1. The molecule has 0 bridgehead atoms. The summed E-state index contributed by atoms with van der Waals surface area (Å²) < 4.78 is 12.6. The standard InChI is InChI=1S/C23H33N3O4/c1-16-24-20-18(9-6-10-19(20)29-5)21(27)26(16)13-7-8-17-11-14-25(15-12-17)22(28)30-23(2,3)4/h6,9-10,17H,7-8,11-15H2,1-5H3. The SMILES string of the molecule is COc1cccc2c(=O)n(CCCC3CCN(C(=O)OC(C)(C)C)CC3)c(C)nc12. The van der Waals surface area contributed by atoms with Crippen molar-refractivity contribution >= 4 is 17.0 Å². The number of likely N-dealkylation sites (tertiary alicyclic amines) is 1. The molecule has 164 valence electrons.